The number of benzene rings is 1. The van der Waals surface area contributed by atoms with Crippen molar-refractivity contribution in [2.24, 2.45) is 0 Å². The minimum atomic E-state index is 0.600. The molecule has 88 valence electrons. The maximum Gasteiger partial charge on any atom is 0.0461 e. The highest BCUT2D eigenvalue weighted by Crippen LogP contribution is 2.35. The number of halogens is 1. The van der Waals surface area contributed by atoms with Crippen molar-refractivity contribution >= 4 is 28.1 Å². The van der Waals surface area contributed by atoms with Crippen LogP contribution >= 0.6 is 11.6 Å². The van der Waals surface area contributed by atoms with Crippen LogP contribution in [-0.4, -0.2) is 10.9 Å². The van der Waals surface area contributed by atoms with Crippen molar-refractivity contribution < 1.29 is 0 Å². The smallest absolute Gasteiger partial charge is 0.0461 e. The van der Waals surface area contributed by atoms with Crippen LogP contribution in [0.3, 0.4) is 0 Å². The molecule has 1 nitrogen and oxygen atoms in total. The molecule has 1 N–H and O–H groups in total. The van der Waals surface area contributed by atoms with Crippen molar-refractivity contribution in [1.29, 1.82) is 0 Å². The summed E-state index contributed by atoms with van der Waals surface area (Å²) in [5, 5.41) is 1.39. The third-order valence-corrected chi connectivity index (χ3v) is 3.73. The molecule has 0 amide bonds. The number of aromatic amines is 1. The molecule has 0 atom stereocenters. The molecular formula is C15H16ClN. The Balaban J connectivity index is 2.25. The Morgan fingerprint density at radius 1 is 1.35 bits per heavy atom. The number of aryl methyl sites for hydroxylation is 2. The van der Waals surface area contributed by atoms with Gasteiger partial charge in [0, 0.05) is 22.5 Å². The molecule has 3 rings (SSSR count). The van der Waals surface area contributed by atoms with E-state index in [-0.39, 0.29) is 0 Å². The van der Waals surface area contributed by atoms with Gasteiger partial charge in [0.2, 0.25) is 0 Å². The number of allylic oxidation sites excluding steroid dienone is 2. The number of alkyl halides is 1. The van der Waals surface area contributed by atoms with Crippen LogP contribution in [0, 0.1) is 6.92 Å². The summed E-state index contributed by atoms with van der Waals surface area (Å²) < 4.78 is 0. The lowest BCUT2D eigenvalue weighted by molar-refractivity contribution is 0.823. The second-order valence-corrected chi connectivity index (χ2v) is 5.07. The number of H-pyrrole nitrogens is 1. The Labute approximate surface area is 106 Å². The van der Waals surface area contributed by atoms with E-state index < -0.39 is 0 Å². The van der Waals surface area contributed by atoms with Gasteiger partial charge in [-0.25, -0.2) is 0 Å². The monoisotopic (exact) mass is 245 g/mol. The van der Waals surface area contributed by atoms with Crippen LogP contribution < -0.4 is 0 Å². The summed E-state index contributed by atoms with van der Waals surface area (Å²) in [6.45, 7) is 2.15. The average molecular weight is 246 g/mol. The minimum Gasteiger partial charge on any atom is -0.355 e. The van der Waals surface area contributed by atoms with Crippen LogP contribution in [0.1, 0.15) is 29.7 Å². The molecule has 0 bridgehead atoms. The molecule has 1 aromatic carbocycles. The molecule has 0 spiro atoms. The van der Waals surface area contributed by atoms with E-state index in [4.69, 9.17) is 11.6 Å². The standard InChI is InChI=1S/C15H16ClN/c1-10-5-6-14-13(9-10)12-4-2-3-11(7-8-16)15(12)17-14/h5-7,9,17H,2-4,8H2,1H3/b11-7+. The Morgan fingerprint density at radius 2 is 2.24 bits per heavy atom. The van der Waals surface area contributed by atoms with Gasteiger partial charge in [0.25, 0.3) is 0 Å². The van der Waals surface area contributed by atoms with Crippen molar-refractivity contribution in [3.8, 4) is 0 Å². The van der Waals surface area contributed by atoms with Crippen LogP contribution in [-0.2, 0) is 6.42 Å². The highest BCUT2D eigenvalue weighted by molar-refractivity contribution is 6.19. The number of hydrogen-bond acceptors (Lipinski definition) is 0. The van der Waals surface area contributed by atoms with Gasteiger partial charge in [0.05, 0.1) is 0 Å². The van der Waals surface area contributed by atoms with Crippen molar-refractivity contribution in [3.63, 3.8) is 0 Å². The van der Waals surface area contributed by atoms with Crippen LogP contribution in [0.25, 0.3) is 16.5 Å². The molecule has 0 saturated carbocycles. The van der Waals surface area contributed by atoms with E-state index in [0.29, 0.717) is 5.88 Å². The van der Waals surface area contributed by atoms with Gasteiger partial charge in [0.15, 0.2) is 0 Å². The summed E-state index contributed by atoms with van der Waals surface area (Å²) in [6, 6.07) is 6.63. The van der Waals surface area contributed by atoms with E-state index >= 15 is 0 Å². The molecule has 2 aromatic rings. The molecule has 17 heavy (non-hydrogen) atoms. The lowest BCUT2D eigenvalue weighted by Gasteiger charge is -2.15. The second-order valence-electron chi connectivity index (χ2n) is 4.76. The van der Waals surface area contributed by atoms with Gasteiger partial charge in [0.1, 0.15) is 0 Å². The molecule has 0 unspecified atom stereocenters. The molecule has 0 aliphatic heterocycles. The number of hydrogen-bond donors (Lipinski definition) is 1. The normalized spacial score (nSPS) is 17.6. The van der Waals surface area contributed by atoms with E-state index in [0.717, 1.165) is 6.42 Å². The number of nitrogens with one attached hydrogen (secondary N) is 1. The maximum atomic E-state index is 5.84. The number of rotatable bonds is 1. The van der Waals surface area contributed by atoms with Crippen molar-refractivity contribution in [2.45, 2.75) is 26.2 Å². The molecule has 0 fully saturated rings. The van der Waals surface area contributed by atoms with E-state index in [1.165, 1.54) is 46.1 Å². The fourth-order valence-corrected chi connectivity index (χ4v) is 2.96. The Kier molecular flexibility index (Phi) is 2.71. The molecule has 2 heteroatoms. The van der Waals surface area contributed by atoms with E-state index in [2.05, 4.69) is 36.2 Å². The summed E-state index contributed by atoms with van der Waals surface area (Å²) in [6.07, 6.45) is 5.70. The average Bonchev–Trinajstić information content (AvgIpc) is 2.69. The van der Waals surface area contributed by atoms with Crippen molar-refractivity contribution in [1.82, 2.24) is 4.98 Å². The predicted octanol–water partition coefficient (Wildman–Crippen LogP) is 4.43. The van der Waals surface area contributed by atoms with Crippen molar-refractivity contribution in [3.05, 3.63) is 41.1 Å². The molecular weight excluding hydrogens is 230 g/mol. The summed E-state index contributed by atoms with van der Waals surface area (Å²) in [4.78, 5) is 3.55. The fourth-order valence-electron chi connectivity index (χ4n) is 2.77. The summed E-state index contributed by atoms with van der Waals surface area (Å²) in [5.41, 5.74) is 6.76. The third kappa shape index (κ3) is 1.79. The molecule has 1 heterocycles. The van der Waals surface area contributed by atoms with Crippen LogP contribution in [0.2, 0.25) is 0 Å². The Hall–Kier alpha value is -1.21. The summed E-state index contributed by atoms with van der Waals surface area (Å²) in [7, 11) is 0. The zero-order valence-corrected chi connectivity index (χ0v) is 10.8. The highest BCUT2D eigenvalue weighted by atomic mass is 35.5. The second kappa shape index (κ2) is 4.23. The third-order valence-electron chi connectivity index (χ3n) is 3.58. The molecule has 1 aliphatic rings. The van der Waals surface area contributed by atoms with Gasteiger partial charge in [-0.1, -0.05) is 17.7 Å². The molecule has 1 aliphatic carbocycles. The zero-order chi connectivity index (χ0) is 11.8. The van der Waals surface area contributed by atoms with E-state index in [1.54, 1.807) is 0 Å². The molecule has 0 saturated heterocycles. The van der Waals surface area contributed by atoms with Gasteiger partial charge < -0.3 is 4.98 Å². The number of aromatic nitrogens is 1. The largest absolute Gasteiger partial charge is 0.355 e. The van der Waals surface area contributed by atoms with Gasteiger partial charge in [-0.15, -0.1) is 11.6 Å². The quantitative estimate of drug-likeness (QED) is 0.716. The predicted molar refractivity (Wildman–Crippen MR) is 74.7 cm³/mol. The van der Waals surface area contributed by atoms with Crippen LogP contribution in [0.4, 0.5) is 0 Å². The topological polar surface area (TPSA) is 15.8 Å². The zero-order valence-electron chi connectivity index (χ0n) is 10.0. The molecule has 1 aromatic heterocycles. The number of fused-ring (bicyclic) bond motifs is 3. The first kappa shape index (κ1) is 10.9. The van der Waals surface area contributed by atoms with Gasteiger partial charge in [-0.05, 0) is 49.5 Å². The summed E-state index contributed by atoms with van der Waals surface area (Å²) >= 11 is 5.84. The van der Waals surface area contributed by atoms with Gasteiger partial charge in [-0.3, -0.25) is 0 Å². The Bertz CT molecular complexity index is 592. The van der Waals surface area contributed by atoms with Crippen LogP contribution in [0.15, 0.2) is 24.3 Å². The van der Waals surface area contributed by atoms with Crippen molar-refractivity contribution in [2.75, 3.05) is 5.88 Å². The summed E-state index contributed by atoms with van der Waals surface area (Å²) in [5.74, 6) is 0.600. The van der Waals surface area contributed by atoms with E-state index in [9.17, 15) is 0 Å². The van der Waals surface area contributed by atoms with Crippen LogP contribution in [0.5, 0.6) is 0 Å². The highest BCUT2D eigenvalue weighted by Gasteiger charge is 2.18. The molecule has 0 radical (unpaired) electrons. The SMILES string of the molecule is Cc1ccc2[nH]c3c(c2c1)CCC/C3=C\CCl. The van der Waals surface area contributed by atoms with Gasteiger partial charge >= 0.3 is 0 Å². The van der Waals surface area contributed by atoms with E-state index in [1.807, 2.05) is 0 Å². The fraction of sp³-hybridized carbons (Fsp3) is 0.333. The minimum absolute atomic E-state index is 0.600. The maximum absolute atomic E-state index is 5.84. The lowest BCUT2D eigenvalue weighted by Crippen LogP contribution is -2.00. The first-order valence-corrected chi connectivity index (χ1v) is 6.69. The van der Waals surface area contributed by atoms with Gasteiger partial charge in [-0.2, -0.15) is 0 Å². The lowest BCUT2D eigenvalue weighted by atomic mass is 9.91. The Morgan fingerprint density at radius 3 is 3.06 bits per heavy atom. The first-order valence-electron chi connectivity index (χ1n) is 6.16. The first-order chi connectivity index (χ1) is 8.29.